The Morgan fingerprint density at radius 3 is 2.71 bits per heavy atom. The molecule has 144 valence electrons. The summed E-state index contributed by atoms with van der Waals surface area (Å²) < 4.78 is 20.7. The predicted molar refractivity (Wildman–Crippen MR) is 103 cm³/mol. The number of aromatic nitrogens is 4. The Hall–Kier alpha value is -2.88. The first kappa shape index (κ1) is 18.5. The van der Waals surface area contributed by atoms with Gasteiger partial charge in [0.2, 0.25) is 17.7 Å². The average Bonchev–Trinajstić information content (AvgIpc) is 2.63. The van der Waals surface area contributed by atoms with Crippen LogP contribution in [0.4, 0.5) is 10.3 Å². The number of halogens is 2. The molecule has 1 aliphatic carbocycles. The summed E-state index contributed by atoms with van der Waals surface area (Å²) in [5, 5.41) is 7.66. The predicted octanol–water partition coefficient (Wildman–Crippen LogP) is 2.66. The van der Waals surface area contributed by atoms with E-state index >= 15 is 0 Å². The van der Waals surface area contributed by atoms with Gasteiger partial charge in [0.15, 0.2) is 5.82 Å². The molecule has 3 aromatic rings. The zero-order valence-electron chi connectivity index (χ0n) is 14.6. The second-order valence-electron chi connectivity index (χ2n) is 6.40. The van der Waals surface area contributed by atoms with E-state index in [2.05, 4.69) is 36.3 Å². The highest BCUT2D eigenvalue weighted by molar-refractivity contribution is 9.10. The van der Waals surface area contributed by atoms with E-state index < -0.39 is 17.3 Å². The lowest BCUT2D eigenvalue weighted by molar-refractivity contribution is -0.117. The molecule has 10 heteroatoms. The average molecular weight is 448 g/mol. The molecule has 0 saturated heterocycles. The maximum Gasteiger partial charge on any atom is 0.275 e. The van der Waals surface area contributed by atoms with E-state index in [0.717, 1.165) is 40.8 Å². The first-order valence-electron chi connectivity index (χ1n) is 8.64. The first-order chi connectivity index (χ1) is 13.5. The van der Waals surface area contributed by atoms with Gasteiger partial charge in [-0.25, -0.2) is 19.0 Å². The molecule has 4 rings (SSSR count). The van der Waals surface area contributed by atoms with Crippen molar-refractivity contribution in [1.29, 1.82) is 0 Å². The number of nitrogens with one attached hydrogen (secondary N) is 1. The van der Waals surface area contributed by atoms with Gasteiger partial charge in [0.25, 0.3) is 5.56 Å². The summed E-state index contributed by atoms with van der Waals surface area (Å²) in [6.45, 7) is -0.355. The van der Waals surface area contributed by atoms with Gasteiger partial charge in [-0.3, -0.25) is 14.9 Å². The number of nitrogens with zero attached hydrogens (tertiary/aromatic N) is 4. The van der Waals surface area contributed by atoms with Crippen LogP contribution in [0.5, 0.6) is 5.88 Å². The van der Waals surface area contributed by atoms with E-state index in [9.17, 15) is 14.0 Å². The van der Waals surface area contributed by atoms with Gasteiger partial charge in [-0.1, -0.05) is 15.9 Å². The zero-order chi connectivity index (χ0) is 19.7. The number of amides is 1. The van der Waals surface area contributed by atoms with Crippen LogP contribution in [0, 0.1) is 5.82 Å². The van der Waals surface area contributed by atoms with Crippen LogP contribution in [-0.4, -0.2) is 31.8 Å². The van der Waals surface area contributed by atoms with Crippen LogP contribution < -0.4 is 15.6 Å². The normalized spacial score (nSPS) is 13.9. The molecule has 2 aromatic heterocycles. The van der Waals surface area contributed by atoms with Gasteiger partial charge in [-0.05, 0) is 37.5 Å². The van der Waals surface area contributed by atoms with Crippen LogP contribution >= 0.6 is 15.9 Å². The number of ether oxygens (including phenoxy) is 1. The number of anilines is 1. The Labute approximate surface area is 166 Å². The molecule has 0 radical (unpaired) electrons. The third-order valence-corrected chi connectivity index (χ3v) is 4.88. The SMILES string of the molecule is O=C(Cn1nc(OC2CCC2)c2cc(Br)ccc2c1=O)Nc1ncc(F)cn1. The van der Waals surface area contributed by atoms with Crippen molar-refractivity contribution in [3.8, 4) is 5.88 Å². The van der Waals surface area contributed by atoms with Gasteiger partial charge in [0, 0.05) is 4.47 Å². The Kier molecular flexibility index (Phi) is 5.03. The first-order valence-corrected chi connectivity index (χ1v) is 9.43. The van der Waals surface area contributed by atoms with Crippen LogP contribution in [0.3, 0.4) is 0 Å². The quantitative estimate of drug-likeness (QED) is 0.645. The molecule has 2 heterocycles. The van der Waals surface area contributed by atoms with E-state index in [1.54, 1.807) is 18.2 Å². The fourth-order valence-electron chi connectivity index (χ4n) is 2.75. The molecule has 0 aliphatic heterocycles. The molecule has 1 N–H and O–H groups in total. The number of hydrogen-bond donors (Lipinski definition) is 1. The van der Waals surface area contributed by atoms with Gasteiger partial charge >= 0.3 is 0 Å². The van der Waals surface area contributed by atoms with Crippen molar-refractivity contribution in [2.45, 2.75) is 31.9 Å². The van der Waals surface area contributed by atoms with E-state index in [-0.39, 0.29) is 18.6 Å². The van der Waals surface area contributed by atoms with Crippen LogP contribution in [0.2, 0.25) is 0 Å². The topological polar surface area (TPSA) is 99.0 Å². The van der Waals surface area contributed by atoms with Crippen LogP contribution in [0.25, 0.3) is 10.8 Å². The lowest BCUT2D eigenvalue weighted by atomic mass is 9.96. The van der Waals surface area contributed by atoms with E-state index in [0.29, 0.717) is 16.7 Å². The Bertz CT molecular complexity index is 1100. The fraction of sp³-hybridized carbons (Fsp3) is 0.278. The second-order valence-corrected chi connectivity index (χ2v) is 7.32. The molecule has 0 spiro atoms. The third kappa shape index (κ3) is 3.86. The smallest absolute Gasteiger partial charge is 0.275 e. The van der Waals surface area contributed by atoms with Gasteiger partial charge in [-0.15, -0.1) is 5.10 Å². The van der Waals surface area contributed by atoms with Crippen molar-refractivity contribution in [3.05, 3.63) is 51.2 Å². The summed E-state index contributed by atoms with van der Waals surface area (Å²) in [6.07, 6.45) is 4.88. The summed E-state index contributed by atoms with van der Waals surface area (Å²) in [5.74, 6) is -0.928. The minimum absolute atomic E-state index is 0.0575. The molecule has 8 nitrogen and oxygen atoms in total. The number of hydrogen-bond acceptors (Lipinski definition) is 6. The summed E-state index contributed by atoms with van der Waals surface area (Å²) >= 11 is 3.39. The molecule has 1 fully saturated rings. The van der Waals surface area contributed by atoms with Gasteiger partial charge in [-0.2, -0.15) is 0 Å². The van der Waals surface area contributed by atoms with Crippen molar-refractivity contribution in [2.75, 3.05) is 5.32 Å². The summed E-state index contributed by atoms with van der Waals surface area (Å²) in [4.78, 5) is 32.4. The van der Waals surface area contributed by atoms with Crippen LogP contribution in [-0.2, 0) is 11.3 Å². The molecule has 1 aromatic carbocycles. The van der Waals surface area contributed by atoms with Crippen molar-refractivity contribution >= 4 is 38.6 Å². The molecule has 1 aliphatic rings. The highest BCUT2D eigenvalue weighted by atomic mass is 79.9. The maximum absolute atomic E-state index is 12.9. The summed E-state index contributed by atoms with van der Waals surface area (Å²) in [7, 11) is 0. The Morgan fingerprint density at radius 2 is 2.04 bits per heavy atom. The minimum Gasteiger partial charge on any atom is -0.473 e. The molecule has 0 atom stereocenters. The third-order valence-electron chi connectivity index (χ3n) is 4.38. The molecular formula is C18H15BrFN5O3. The molecule has 0 bridgehead atoms. The standard InChI is InChI=1S/C18H15BrFN5O3/c19-10-4-5-13-14(6-10)16(28-12-2-1-3-12)24-25(17(13)27)9-15(26)23-18-21-7-11(20)8-22-18/h4-8,12H,1-3,9H2,(H,21,22,23,26). The number of carbonyl (C=O) groups excluding carboxylic acids is 1. The number of fused-ring (bicyclic) bond motifs is 1. The maximum atomic E-state index is 12.9. The Balaban J connectivity index is 1.64. The van der Waals surface area contributed by atoms with Gasteiger partial charge < -0.3 is 4.74 Å². The van der Waals surface area contributed by atoms with Gasteiger partial charge in [0.05, 0.1) is 23.2 Å². The number of benzene rings is 1. The van der Waals surface area contributed by atoms with E-state index in [1.807, 2.05) is 0 Å². The molecular weight excluding hydrogens is 433 g/mol. The van der Waals surface area contributed by atoms with Crippen molar-refractivity contribution < 1.29 is 13.9 Å². The molecule has 0 unspecified atom stereocenters. The Morgan fingerprint density at radius 1 is 1.29 bits per heavy atom. The highest BCUT2D eigenvalue weighted by Crippen LogP contribution is 2.29. The van der Waals surface area contributed by atoms with Crippen LogP contribution in [0.1, 0.15) is 19.3 Å². The van der Waals surface area contributed by atoms with Crippen molar-refractivity contribution in [3.63, 3.8) is 0 Å². The highest BCUT2D eigenvalue weighted by Gasteiger charge is 2.22. The summed E-state index contributed by atoms with van der Waals surface area (Å²) in [5.41, 5.74) is -0.418. The van der Waals surface area contributed by atoms with Crippen LogP contribution in [0.15, 0.2) is 39.9 Å². The zero-order valence-corrected chi connectivity index (χ0v) is 16.1. The number of rotatable bonds is 5. The summed E-state index contributed by atoms with van der Waals surface area (Å²) in [6, 6.07) is 5.18. The molecule has 28 heavy (non-hydrogen) atoms. The van der Waals surface area contributed by atoms with Gasteiger partial charge in [0.1, 0.15) is 12.6 Å². The molecule has 1 amide bonds. The fourth-order valence-corrected chi connectivity index (χ4v) is 3.11. The van der Waals surface area contributed by atoms with E-state index in [1.165, 1.54) is 0 Å². The largest absolute Gasteiger partial charge is 0.473 e. The molecule has 1 saturated carbocycles. The second kappa shape index (κ2) is 7.63. The number of carbonyl (C=O) groups is 1. The minimum atomic E-state index is -0.616. The monoisotopic (exact) mass is 447 g/mol. The van der Waals surface area contributed by atoms with Crippen molar-refractivity contribution in [1.82, 2.24) is 19.7 Å². The lowest BCUT2D eigenvalue weighted by Gasteiger charge is -2.26. The van der Waals surface area contributed by atoms with Crippen molar-refractivity contribution in [2.24, 2.45) is 0 Å². The van der Waals surface area contributed by atoms with E-state index in [4.69, 9.17) is 4.74 Å². The lowest BCUT2D eigenvalue weighted by Crippen LogP contribution is -2.32.